The Morgan fingerprint density at radius 3 is 2.56 bits per heavy atom. The summed E-state index contributed by atoms with van der Waals surface area (Å²) in [7, 11) is 0. The number of carbonyl (C=O) groups excluding carboxylic acids is 2. The first kappa shape index (κ1) is 13.4. The number of Topliss-reactive ketones (excluding diaryl/α,β-unsaturated/α-hetero) is 1. The van der Waals surface area contributed by atoms with E-state index in [1.54, 1.807) is 12.1 Å². The molecule has 1 aromatic rings. The highest BCUT2D eigenvalue weighted by Gasteiger charge is 2.14. The molecule has 0 saturated heterocycles. The summed E-state index contributed by atoms with van der Waals surface area (Å²) in [6.07, 6.45) is 0. The van der Waals surface area contributed by atoms with E-state index in [4.69, 9.17) is 4.74 Å². The summed E-state index contributed by atoms with van der Waals surface area (Å²) >= 11 is 4.26. The Morgan fingerprint density at radius 1 is 1.38 bits per heavy atom. The summed E-state index contributed by atoms with van der Waals surface area (Å²) in [4.78, 5) is 23.9. The molecule has 16 heavy (non-hydrogen) atoms. The van der Waals surface area contributed by atoms with Crippen LogP contribution in [0.5, 0.6) is 0 Å². The molecule has 0 aromatic carbocycles. The zero-order valence-corrected chi connectivity index (χ0v) is 11.6. The number of hydrogen-bond donors (Lipinski definition) is 0. The number of carbonyl (C=O) groups is 2. The molecular weight excluding hydrogens is 292 g/mol. The predicted octanol–water partition coefficient (Wildman–Crippen LogP) is 3.14. The molecule has 88 valence electrons. The number of halogens is 1. The van der Waals surface area contributed by atoms with Gasteiger partial charge in [0, 0.05) is 0 Å². The number of thiophene rings is 1. The summed E-state index contributed by atoms with van der Waals surface area (Å²) in [5, 5.41) is 0.272. The lowest BCUT2D eigenvalue weighted by molar-refractivity contribution is 0.0464. The molecule has 0 N–H and O–H groups in total. The van der Waals surface area contributed by atoms with Crippen molar-refractivity contribution < 1.29 is 14.3 Å². The van der Waals surface area contributed by atoms with Gasteiger partial charge in [0.05, 0.1) is 16.8 Å². The molecule has 0 fully saturated rings. The molecule has 0 saturated carbocycles. The topological polar surface area (TPSA) is 43.4 Å². The molecule has 0 unspecified atom stereocenters. The minimum Gasteiger partial charge on any atom is -0.461 e. The van der Waals surface area contributed by atoms with Crippen LogP contribution in [0.4, 0.5) is 0 Å². The molecule has 0 radical (unpaired) electrons. The van der Waals surface area contributed by atoms with E-state index in [2.05, 4.69) is 15.9 Å². The molecule has 0 bridgehead atoms. The summed E-state index contributed by atoms with van der Waals surface area (Å²) in [6.45, 7) is 4.35. The van der Waals surface area contributed by atoms with Crippen molar-refractivity contribution in [1.82, 2.24) is 0 Å². The summed E-state index contributed by atoms with van der Waals surface area (Å²) in [6, 6.07) is 3.28. The van der Waals surface area contributed by atoms with Crippen LogP contribution < -0.4 is 0 Å². The van der Waals surface area contributed by atoms with Crippen LogP contribution in [0.2, 0.25) is 0 Å². The minimum atomic E-state index is -0.354. The highest BCUT2D eigenvalue weighted by Crippen LogP contribution is 2.18. The third kappa shape index (κ3) is 3.72. The maximum absolute atomic E-state index is 11.5. The van der Waals surface area contributed by atoms with Crippen LogP contribution in [0, 0.1) is 5.92 Å². The lowest BCUT2D eigenvalue weighted by atomic mass is 10.2. The number of hydrogen-bond acceptors (Lipinski definition) is 4. The van der Waals surface area contributed by atoms with Gasteiger partial charge in [0.2, 0.25) is 0 Å². The van der Waals surface area contributed by atoms with Crippen LogP contribution in [-0.2, 0) is 4.74 Å². The van der Waals surface area contributed by atoms with Gasteiger partial charge in [-0.2, -0.15) is 0 Å². The van der Waals surface area contributed by atoms with E-state index in [1.165, 1.54) is 11.3 Å². The van der Waals surface area contributed by atoms with E-state index in [1.807, 2.05) is 13.8 Å². The number of rotatable bonds is 5. The first-order valence-electron chi connectivity index (χ1n) is 4.90. The molecule has 5 heteroatoms. The fraction of sp³-hybridized carbons (Fsp3) is 0.455. The van der Waals surface area contributed by atoms with Crippen LogP contribution in [0.3, 0.4) is 0 Å². The predicted molar refractivity (Wildman–Crippen MR) is 67.6 cm³/mol. The van der Waals surface area contributed by atoms with Crippen molar-refractivity contribution in [2.45, 2.75) is 13.8 Å². The number of alkyl halides is 1. The van der Waals surface area contributed by atoms with E-state index in [0.717, 1.165) is 0 Å². The zero-order chi connectivity index (χ0) is 12.1. The molecule has 1 rings (SSSR count). The number of esters is 1. The van der Waals surface area contributed by atoms with Crippen molar-refractivity contribution in [2.24, 2.45) is 5.92 Å². The second kappa shape index (κ2) is 6.15. The van der Waals surface area contributed by atoms with Crippen LogP contribution in [-0.4, -0.2) is 23.7 Å². The SMILES string of the molecule is CC(C)COC(=O)c1ccc(C(=O)CBr)s1. The number of ketones is 1. The van der Waals surface area contributed by atoms with E-state index in [0.29, 0.717) is 22.3 Å². The molecule has 0 aliphatic carbocycles. The Kier molecular flexibility index (Phi) is 5.15. The molecule has 1 heterocycles. The molecule has 0 aliphatic heterocycles. The maximum Gasteiger partial charge on any atom is 0.348 e. The zero-order valence-electron chi connectivity index (χ0n) is 9.16. The van der Waals surface area contributed by atoms with Crippen molar-refractivity contribution in [2.75, 3.05) is 11.9 Å². The van der Waals surface area contributed by atoms with Crippen molar-refractivity contribution in [1.29, 1.82) is 0 Å². The Morgan fingerprint density at radius 2 is 2.00 bits per heavy atom. The van der Waals surface area contributed by atoms with Gasteiger partial charge in [0.1, 0.15) is 4.88 Å². The largest absolute Gasteiger partial charge is 0.461 e. The van der Waals surface area contributed by atoms with Gasteiger partial charge in [-0.1, -0.05) is 29.8 Å². The first-order chi connectivity index (χ1) is 7.54. The van der Waals surface area contributed by atoms with Crippen molar-refractivity contribution in [3.8, 4) is 0 Å². The molecule has 0 aliphatic rings. The fourth-order valence-corrected chi connectivity index (χ4v) is 2.30. The average Bonchev–Trinajstić information content (AvgIpc) is 2.74. The fourth-order valence-electron chi connectivity index (χ4n) is 0.977. The molecule has 3 nitrogen and oxygen atoms in total. The lowest BCUT2D eigenvalue weighted by Crippen LogP contribution is -2.08. The van der Waals surface area contributed by atoms with Gasteiger partial charge in [-0.3, -0.25) is 4.79 Å². The number of ether oxygens (including phenoxy) is 1. The molecule has 1 aromatic heterocycles. The maximum atomic E-state index is 11.5. The van der Waals surface area contributed by atoms with Crippen molar-refractivity contribution in [3.05, 3.63) is 21.9 Å². The van der Waals surface area contributed by atoms with Crippen LogP contribution in [0.1, 0.15) is 33.2 Å². The monoisotopic (exact) mass is 304 g/mol. The summed E-state index contributed by atoms with van der Waals surface area (Å²) in [5.74, 6) is -0.0622. The second-order valence-electron chi connectivity index (χ2n) is 3.71. The standard InChI is InChI=1S/C11H13BrO3S/c1-7(2)6-15-11(14)10-4-3-9(16-10)8(13)5-12/h3-4,7H,5-6H2,1-2H3. The van der Waals surface area contributed by atoms with Gasteiger partial charge < -0.3 is 4.74 Å². The summed E-state index contributed by atoms with van der Waals surface area (Å²) < 4.78 is 5.06. The van der Waals surface area contributed by atoms with E-state index in [-0.39, 0.29) is 17.1 Å². The second-order valence-corrected chi connectivity index (χ2v) is 5.36. The highest BCUT2D eigenvalue weighted by atomic mass is 79.9. The normalized spacial score (nSPS) is 10.5. The van der Waals surface area contributed by atoms with Crippen LogP contribution in [0.25, 0.3) is 0 Å². The Labute approximate surface area is 107 Å². The third-order valence-electron chi connectivity index (χ3n) is 1.75. The highest BCUT2D eigenvalue weighted by molar-refractivity contribution is 9.09. The van der Waals surface area contributed by atoms with Gasteiger partial charge in [-0.25, -0.2) is 4.79 Å². The van der Waals surface area contributed by atoms with E-state index in [9.17, 15) is 9.59 Å². The Balaban J connectivity index is 2.63. The minimum absolute atomic E-state index is 0.0205. The van der Waals surface area contributed by atoms with Gasteiger partial charge in [-0.15, -0.1) is 11.3 Å². The van der Waals surface area contributed by atoms with Crippen molar-refractivity contribution >= 4 is 39.0 Å². The van der Waals surface area contributed by atoms with Gasteiger partial charge >= 0.3 is 5.97 Å². The first-order valence-corrected chi connectivity index (χ1v) is 6.84. The van der Waals surface area contributed by atoms with Gasteiger partial charge in [0.25, 0.3) is 0 Å². The average molecular weight is 305 g/mol. The molecule has 0 amide bonds. The van der Waals surface area contributed by atoms with Gasteiger partial charge in [-0.05, 0) is 18.1 Å². The molecular formula is C11H13BrO3S. The van der Waals surface area contributed by atoms with Crippen molar-refractivity contribution in [3.63, 3.8) is 0 Å². The third-order valence-corrected chi connectivity index (χ3v) is 3.37. The van der Waals surface area contributed by atoms with Crippen LogP contribution >= 0.6 is 27.3 Å². The summed E-state index contributed by atoms with van der Waals surface area (Å²) in [5.41, 5.74) is 0. The van der Waals surface area contributed by atoms with E-state index < -0.39 is 0 Å². The van der Waals surface area contributed by atoms with E-state index >= 15 is 0 Å². The molecule has 0 atom stereocenters. The smallest absolute Gasteiger partial charge is 0.348 e. The lowest BCUT2D eigenvalue weighted by Gasteiger charge is -2.04. The Hall–Kier alpha value is -0.680. The van der Waals surface area contributed by atoms with Gasteiger partial charge in [0.15, 0.2) is 5.78 Å². The quantitative estimate of drug-likeness (QED) is 0.477. The Bertz CT molecular complexity index is 384. The van der Waals surface area contributed by atoms with Crippen LogP contribution in [0.15, 0.2) is 12.1 Å². The molecule has 0 spiro atoms.